The van der Waals surface area contributed by atoms with Crippen molar-refractivity contribution in [2.24, 2.45) is 11.8 Å². The number of carbonyl (C=O) groups excluding carboxylic acids is 1. The molecule has 142 valence electrons. The van der Waals surface area contributed by atoms with Gasteiger partial charge in [-0.25, -0.2) is 5.43 Å². The minimum atomic E-state index is -0.0118. The molecule has 1 aromatic carbocycles. The highest BCUT2D eigenvalue weighted by molar-refractivity contribution is 5.80. The molecular formula is C21H32N4O. The standard InChI is InChI=1S/C21H32N4O/c26-21(19-15-22-23-20(19)18-9-5-2-6-10-18)25-13-11-24(12-14-25)16-17-7-3-1-4-8-17/h2,5-6,9-10,17,19-20,22-23H,1,3-4,7-8,11-16H2. The molecule has 0 spiro atoms. The van der Waals surface area contributed by atoms with E-state index in [1.165, 1.54) is 44.2 Å². The number of benzene rings is 1. The van der Waals surface area contributed by atoms with Crippen LogP contribution in [-0.4, -0.2) is 55.0 Å². The van der Waals surface area contributed by atoms with E-state index in [0.717, 1.165) is 32.1 Å². The largest absolute Gasteiger partial charge is 0.340 e. The Hall–Kier alpha value is -1.43. The summed E-state index contributed by atoms with van der Waals surface area (Å²) < 4.78 is 0. The zero-order chi connectivity index (χ0) is 17.8. The quantitative estimate of drug-likeness (QED) is 0.868. The minimum Gasteiger partial charge on any atom is -0.340 e. The molecule has 5 nitrogen and oxygen atoms in total. The average Bonchev–Trinajstić information content (AvgIpc) is 3.19. The van der Waals surface area contributed by atoms with Gasteiger partial charge in [-0.15, -0.1) is 0 Å². The SMILES string of the molecule is O=C(C1CNNC1c1ccccc1)N1CCN(CC2CCCCC2)CC1. The van der Waals surface area contributed by atoms with Crippen molar-refractivity contribution >= 4 is 5.91 Å². The molecular weight excluding hydrogens is 324 g/mol. The number of amides is 1. The Morgan fingerprint density at radius 1 is 1.00 bits per heavy atom. The minimum absolute atomic E-state index is 0.0118. The van der Waals surface area contributed by atoms with Crippen molar-refractivity contribution < 1.29 is 4.79 Å². The zero-order valence-corrected chi connectivity index (χ0v) is 15.7. The van der Waals surface area contributed by atoms with Gasteiger partial charge in [0.25, 0.3) is 0 Å². The molecule has 1 aromatic rings. The molecule has 0 aromatic heterocycles. The number of hydrogen-bond donors (Lipinski definition) is 2. The maximum absolute atomic E-state index is 13.1. The van der Waals surface area contributed by atoms with E-state index in [9.17, 15) is 4.79 Å². The molecule has 2 saturated heterocycles. The summed E-state index contributed by atoms with van der Waals surface area (Å²) in [6.07, 6.45) is 7.04. The second-order valence-electron chi connectivity index (χ2n) is 8.15. The maximum atomic E-state index is 13.1. The lowest BCUT2D eigenvalue weighted by Crippen LogP contribution is -2.52. The molecule has 4 rings (SSSR count). The summed E-state index contributed by atoms with van der Waals surface area (Å²) in [4.78, 5) is 17.8. The second-order valence-corrected chi connectivity index (χ2v) is 8.15. The Morgan fingerprint density at radius 2 is 1.73 bits per heavy atom. The van der Waals surface area contributed by atoms with E-state index in [2.05, 4.69) is 32.8 Å². The average molecular weight is 357 g/mol. The van der Waals surface area contributed by atoms with Gasteiger partial charge in [0.05, 0.1) is 12.0 Å². The van der Waals surface area contributed by atoms with Crippen LogP contribution in [0.4, 0.5) is 0 Å². The highest BCUT2D eigenvalue weighted by Gasteiger charge is 2.37. The van der Waals surface area contributed by atoms with Gasteiger partial charge in [-0.2, -0.15) is 0 Å². The molecule has 1 aliphatic carbocycles. The van der Waals surface area contributed by atoms with E-state index in [1.807, 2.05) is 18.2 Å². The normalized spacial score (nSPS) is 28.4. The molecule has 2 atom stereocenters. The first-order valence-electron chi connectivity index (χ1n) is 10.4. The maximum Gasteiger partial charge on any atom is 0.229 e. The van der Waals surface area contributed by atoms with E-state index in [0.29, 0.717) is 12.5 Å². The molecule has 0 bridgehead atoms. The molecule has 2 N–H and O–H groups in total. The van der Waals surface area contributed by atoms with E-state index in [4.69, 9.17) is 0 Å². The van der Waals surface area contributed by atoms with Crippen molar-refractivity contribution in [1.29, 1.82) is 0 Å². The van der Waals surface area contributed by atoms with Gasteiger partial charge >= 0.3 is 0 Å². The fourth-order valence-electron chi connectivity index (χ4n) is 4.82. The Morgan fingerprint density at radius 3 is 2.46 bits per heavy atom. The highest BCUT2D eigenvalue weighted by Crippen LogP contribution is 2.28. The van der Waals surface area contributed by atoms with E-state index < -0.39 is 0 Å². The van der Waals surface area contributed by atoms with Gasteiger partial charge < -0.3 is 4.90 Å². The summed E-state index contributed by atoms with van der Waals surface area (Å²) in [7, 11) is 0. The van der Waals surface area contributed by atoms with Crippen LogP contribution < -0.4 is 10.9 Å². The molecule has 1 amide bonds. The number of nitrogens with one attached hydrogen (secondary N) is 2. The van der Waals surface area contributed by atoms with Crippen molar-refractivity contribution in [2.75, 3.05) is 39.3 Å². The molecule has 1 saturated carbocycles. The van der Waals surface area contributed by atoms with Gasteiger partial charge in [-0.3, -0.25) is 15.1 Å². The third kappa shape index (κ3) is 4.11. The third-order valence-electron chi connectivity index (χ3n) is 6.38. The lowest BCUT2D eigenvalue weighted by Gasteiger charge is -2.38. The Balaban J connectivity index is 1.30. The summed E-state index contributed by atoms with van der Waals surface area (Å²) in [6.45, 7) is 5.77. The first-order chi connectivity index (χ1) is 12.8. The molecule has 5 heteroatoms. The summed E-state index contributed by atoms with van der Waals surface area (Å²) in [6, 6.07) is 10.4. The Bertz CT molecular complexity index is 579. The fraction of sp³-hybridized carbons (Fsp3) is 0.667. The number of carbonyl (C=O) groups is 1. The van der Waals surface area contributed by atoms with Crippen LogP contribution in [0.25, 0.3) is 0 Å². The number of rotatable bonds is 4. The van der Waals surface area contributed by atoms with Crippen LogP contribution in [0.2, 0.25) is 0 Å². The van der Waals surface area contributed by atoms with Crippen LogP contribution in [0.5, 0.6) is 0 Å². The number of hydrazine groups is 1. The molecule has 2 aliphatic heterocycles. The number of hydrogen-bond acceptors (Lipinski definition) is 4. The van der Waals surface area contributed by atoms with Crippen LogP contribution in [0, 0.1) is 11.8 Å². The fourth-order valence-corrected chi connectivity index (χ4v) is 4.82. The zero-order valence-electron chi connectivity index (χ0n) is 15.7. The van der Waals surface area contributed by atoms with Gasteiger partial charge in [-0.1, -0.05) is 49.6 Å². The Labute approximate surface area is 157 Å². The van der Waals surface area contributed by atoms with Gasteiger partial charge in [0, 0.05) is 39.3 Å². The van der Waals surface area contributed by atoms with Crippen molar-refractivity contribution in [3.8, 4) is 0 Å². The first kappa shape index (κ1) is 18.0. The molecule has 2 unspecified atom stereocenters. The van der Waals surface area contributed by atoms with Crippen LogP contribution >= 0.6 is 0 Å². The summed E-state index contributed by atoms with van der Waals surface area (Å²) >= 11 is 0. The third-order valence-corrected chi connectivity index (χ3v) is 6.38. The smallest absolute Gasteiger partial charge is 0.229 e. The molecule has 26 heavy (non-hydrogen) atoms. The summed E-state index contributed by atoms with van der Waals surface area (Å²) in [5, 5.41) is 0. The second kappa shape index (κ2) is 8.51. The van der Waals surface area contributed by atoms with Crippen LogP contribution in [0.1, 0.15) is 43.7 Å². The molecule has 3 fully saturated rings. The predicted octanol–water partition coefficient (Wildman–Crippen LogP) is 2.18. The van der Waals surface area contributed by atoms with E-state index in [1.54, 1.807) is 0 Å². The topological polar surface area (TPSA) is 47.6 Å². The van der Waals surface area contributed by atoms with Gasteiger partial charge in [0.1, 0.15) is 0 Å². The van der Waals surface area contributed by atoms with Gasteiger partial charge in [-0.05, 0) is 24.3 Å². The number of piperazine rings is 1. The van der Waals surface area contributed by atoms with Gasteiger partial charge in [0.15, 0.2) is 0 Å². The lowest BCUT2D eigenvalue weighted by atomic mass is 9.89. The summed E-state index contributed by atoms with van der Waals surface area (Å²) in [5.74, 6) is 1.17. The lowest BCUT2D eigenvalue weighted by molar-refractivity contribution is -0.137. The van der Waals surface area contributed by atoms with Crippen molar-refractivity contribution in [1.82, 2.24) is 20.7 Å². The van der Waals surface area contributed by atoms with Crippen LogP contribution in [-0.2, 0) is 4.79 Å². The van der Waals surface area contributed by atoms with Crippen LogP contribution in [0.15, 0.2) is 30.3 Å². The van der Waals surface area contributed by atoms with Crippen molar-refractivity contribution in [3.63, 3.8) is 0 Å². The highest BCUT2D eigenvalue weighted by atomic mass is 16.2. The Kier molecular flexibility index (Phi) is 5.88. The van der Waals surface area contributed by atoms with Crippen molar-refractivity contribution in [2.45, 2.75) is 38.1 Å². The molecule has 3 aliphatic rings. The van der Waals surface area contributed by atoms with Crippen molar-refractivity contribution in [3.05, 3.63) is 35.9 Å². The molecule has 2 heterocycles. The molecule has 0 radical (unpaired) electrons. The number of nitrogens with zero attached hydrogens (tertiary/aromatic N) is 2. The van der Waals surface area contributed by atoms with Crippen LogP contribution in [0.3, 0.4) is 0 Å². The van der Waals surface area contributed by atoms with E-state index >= 15 is 0 Å². The van der Waals surface area contributed by atoms with E-state index in [-0.39, 0.29) is 12.0 Å². The summed E-state index contributed by atoms with van der Waals surface area (Å²) in [5.41, 5.74) is 7.68. The van der Waals surface area contributed by atoms with Gasteiger partial charge in [0.2, 0.25) is 5.91 Å². The predicted molar refractivity (Wildman–Crippen MR) is 103 cm³/mol. The first-order valence-corrected chi connectivity index (χ1v) is 10.4. The monoisotopic (exact) mass is 356 g/mol.